The van der Waals surface area contributed by atoms with Crippen LogP contribution >= 0.6 is 0 Å². The number of fused-ring (bicyclic) bond motifs is 1. The SMILES string of the molecule is N#Cc1cnc(N)nc1N1C[C@@H](O)C[C@H]1c1nc2cccc(C(F)(F)F)c2c(=O)n1-c1ccccc1. The van der Waals surface area contributed by atoms with Crippen molar-refractivity contribution < 1.29 is 18.3 Å². The van der Waals surface area contributed by atoms with Gasteiger partial charge in [0.05, 0.1) is 40.5 Å². The van der Waals surface area contributed by atoms with Crippen LogP contribution in [-0.2, 0) is 6.18 Å². The van der Waals surface area contributed by atoms with Gasteiger partial charge in [-0.25, -0.2) is 9.97 Å². The van der Waals surface area contributed by atoms with E-state index in [1.54, 1.807) is 35.2 Å². The summed E-state index contributed by atoms with van der Waals surface area (Å²) in [5.41, 5.74) is 3.99. The van der Waals surface area contributed by atoms with Crippen molar-refractivity contribution in [3.05, 3.63) is 82.0 Å². The molecule has 36 heavy (non-hydrogen) atoms. The van der Waals surface area contributed by atoms with Crippen LogP contribution < -0.4 is 16.2 Å². The Morgan fingerprint density at radius 1 is 1.11 bits per heavy atom. The molecule has 2 aromatic carbocycles. The van der Waals surface area contributed by atoms with Gasteiger partial charge < -0.3 is 15.7 Å². The molecule has 0 spiro atoms. The number of halogens is 3. The minimum absolute atomic E-state index is 0.0289. The van der Waals surface area contributed by atoms with E-state index >= 15 is 0 Å². The third kappa shape index (κ3) is 3.89. The molecular weight excluding hydrogens is 475 g/mol. The number of rotatable bonds is 3. The van der Waals surface area contributed by atoms with E-state index in [1.165, 1.54) is 18.3 Å². The highest BCUT2D eigenvalue weighted by molar-refractivity contribution is 5.82. The zero-order valence-electron chi connectivity index (χ0n) is 18.5. The van der Waals surface area contributed by atoms with E-state index in [1.807, 2.05) is 6.07 Å². The van der Waals surface area contributed by atoms with E-state index in [2.05, 4.69) is 15.0 Å². The second-order valence-corrected chi connectivity index (χ2v) is 8.28. The Kier molecular flexibility index (Phi) is 5.57. The molecule has 1 aliphatic heterocycles. The molecule has 5 rings (SSSR count). The summed E-state index contributed by atoms with van der Waals surface area (Å²) in [4.78, 5) is 27.8. The number of anilines is 2. The molecule has 1 saturated heterocycles. The topological polar surface area (TPSA) is 134 Å². The second kappa shape index (κ2) is 8.62. The van der Waals surface area contributed by atoms with E-state index in [4.69, 9.17) is 5.73 Å². The number of aliphatic hydroxyl groups is 1. The summed E-state index contributed by atoms with van der Waals surface area (Å²) in [5, 5.41) is 19.6. The lowest BCUT2D eigenvalue weighted by atomic mass is 10.1. The number of benzene rings is 2. The molecule has 12 heteroatoms. The van der Waals surface area contributed by atoms with Crippen LogP contribution in [0.4, 0.5) is 24.9 Å². The van der Waals surface area contributed by atoms with Crippen LogP contribution in [0.25, 0.3) is 16.6 Å². The van der Waals surface area contributed by atoms with Crippen molar-refractivity contribution in [2.24, 2.45) is 0 Å². The van der Waals surface area contributed by atoms with Crippen molar-refractivity contribution in [1.82, 2.24) is 19.5 Å². The van der Waals surface area contributed by atoms with Gasteiger partial charge in [-0.2, -0.15) is 23.4 Å². The minimum Gasteiger partial charge on any atom is -0.391 e. The number of nitrogens with two attached hydrogens (primary N) is 1. The third-order valence-electron chi connectivity index (χ3n) is 6.00. The van der Waals surface area contributed by atoms with Gasteiger partial charge in [-0.15, -0.1) is 0 Å². The first-order valence-corrected chi connectivity index (χ1v) is 10.8. The molecule has 182 valence electrons. The van der Waals surface area contributed by atoms with Crippen molar-refractivity contribution in [3.8, 4) is 11.8 Å². The summed E-state index contributed by atoms with van der Waals surface area (Å²) in [6.07, 6.45) is -4.34. The van der Waals surface area contributed by atoms with E-state index in [0.29, 0.717) is 5.69 Å². The molecule has 0 amide bonds. The summed E-state index contributed by atoms with van der Waals surface area (Å²) < 4.78 is 42.6. The molecule has 0 unspecified atom stereocenters. The van der Waals surface area contributed by atoms with Crippen LogP contribution in [0.1, 0.15) is 29.4 Å². The minimum atomic E-state index is -4.77. The Bertz CT molecular complexity index is 1560. The predicted octanol–water partition coefficient (Wildman–Crippen LogP) is 2.96. The van der Waals surface area contributed by atoms with Gasteiger partial charge in [-0.3, -0.25) is 9.36 Å². The highest BCUT2D eigenvalue weighted by Gasteiger charge is 2.39. The van der Waals surface area contributed by atoms with Gasteiger partial charge in [0.15, 0.2) is 5.82 Å². The van der Waals surface area contributed by atoms with Gasteiger partial charge >= 0.3 is 6.18 Å². The number of hydrogen-bond acceptors (Lipinski definition) is 8. The molecule has 0 radical (unpaired) electrons. The fourth-order valence-corrected chi connectivity index (χ4v) is 4.51. The first kappa shape index (κ1) is 23.3. The molecule has 1 fully saturated rings. The quantitative estimate of drug-likeness (QED) is 0.445. The summed E-state index contributed by atoms with van der Waals surface area (Å²) in [6, 6.07) is 12.7. The number of aromatic nitrogens is 4. The number of hydrogen-bond donors (Lipinski definition) is 2. The van der Waals surface area contributed by atoms with Crippen molar-refractivity contribution in [2.45, 2.75) is 24.7 Å². The van der Waals surface area contributed by atoms with Gasteiger partial charge in [-0.05, 0) is 24.3 Å². The van der Waals surface area contributed by atoms with Gasteiger partial charge in [0.2, 0.25) is 5.95 Å². The highest BCUT2D eigenvalue weighted by atomic mass is 19.4. The Morgan fingerprint density at radius 2 is 1.86 bits per heavy atom. The maximum absolute atomic E-state index is 13.8. The molecule has 9 nitrogen and oxygen atoms in total. The van der Waals surface area contributed by atoms with Crippen LogP contribution in [0.15, 0.2) is 59.5 Å². The molecule has 0 bridgehead atoms. The van der Waals surface area contributed by atoms with Crippen molar-refractivity contribution >= 4 is 22.7 Å². The van der Waals surface area contributed by atoms with E-state index in [0.717, 1.165) is 10.6 Å². The molecule has 0 aliphatic carbocycles. The zero-order valence-corrected chi connectivity index (χ0v) is 18.5. The van der Waals surface area contributed by atoms with Crippen LogP contribution in [0.5, 0.6) is 0 Å². The molecule has 3 N–H and O–H groups in total. The Hall–Kier alpha value is -4.50. The standard InChI is InChI=1S/C24H18F3N7O2/c25-24(26,27)16-7-4-8-17-19(16)22(36)34(14-5-2-1-3-6-14)21(31-17)18-9-15(35)12-33(18)20-13(10-28)11-30-23(29)32-20/h1-8,11,15,18,35H,9,12H2,(H2,29,30,32)/t15-,18-/m0/s1. The Morgan fingerprint density at radius 3 is 2.56 bits per heavy atom. The summed E-state index contributed by atoms with van der Waals surface area (Å²) in [7, 11) is 0. The highest BCUT2D eigenvalue weighted by Crippen LogP contribution is 2.38. The average molecular weight is 493 g/mol. The lowest BCUT2D eigenvalue weighted by Crippen LogP contribution is -2.33. The number of β-amino-alcohol motifs (C(OH)–C–C–N with tert-alkyl or cyclic N) is 1. The lowest BCUT2D eigenvalue weighted by molar-refractivity contribution is -0.136. The van der Waals surface area contributed by atoms with Crippen molar-refractivity contribution in [2.75, 3.05) is 17.2 Å². The molecule has 1 aliphatic rings. The molecule has 4 aromatic rings. The average Bonchev–Trinajstić information content (AvgIpc) is 3.24. The maximum Gasteiger partial charge on any atom is 0.417 e. The largest absolute Gasteiger partial charge is 0.417 e. The normalized spacial score (nSPS) is 17.9. The molecule has 3 heterocycles. The van der Waals surface area contributed by atoms with Crippen LogP contribution in [0.3, 0.4) is 0 Å². The van der Waals surface area contributed by atoms with E-state index in [9.17, 15) is 28.3 Å². The monoisotopic (exact) mass is 493 g/mol. The van der Waals surface area contributed by atoms with E-state index < -0.39 is 34.8 Å². The lowest BCUT2D eigenvalue weighted by Gasteiger charge is -2.28. The van der Waals surface area contributed by atoms with Gasteiger partial charge in [0.1, 0.15) is 17.5 Å². The number of aliphatic hydroxyl groups excluding tert-OH is 1. The summed E-state index contributed by atoms with van der Waals surface area (Å²) >= 11 is 0. The first-order chi connectivity index (χ1) is 17.2. The second-order valence-electron chi connectivity index (χ2n) is 8.28. The van der Waals surface area contributed by atoms with Crippen LogP contribution in [-0.4, -0.2) is 37.3 Å². The molecular formula is C24H18F3N7O2. The summed E-state index contributed by atoms with van der Waals surface area (Å²) in [5.74, 6) is 0.117. The third-order valence-corrected chi connectivity index (χ3v) is 6.00. The molecule has 0 saturated carbocycles. The number of nitrogens with zero attached hydrogens (tertiary/aromatic N) is 6. The van der Waals surface area contributed by atoms with Crippen LogP contribution in [0.2, 0.25) is 0 Å². The molecule has 2 atom stereocenters. The number of para-hydroxylation sites is 1. The predicted molar refractivity (Wildman–Crippen MR) is 124 cm³/mol. The number of nitriles is 1. The number of alkyl halides is 3. The van der Waals surface area contributed by atoms with Gasteiger partial charge in [0, 0.05) is 13.0 Å². The summed E-state index contributed by atoms with van der Waals surface area (Å²) in [6.45, 7) is 0.0289. The zero-order chi connectivity index (χ0) is 25.6. The smallest absolute Gasteiger partial charge is 0.391 e. The van der Waals surface area contributed by atoms with Crippen molar-refractivity contribution in [3.63, 3.8) is 0 Å². The van der Waals surface area contributed by atoms with Crippen molar-refractivity contribution in [1.29, 1.82) is 5.26 Å². The Labute approximate surface area is 201 Å². The van der Waals surface area contributed by atoms with E-state index in [-0.39, 0.29) is 41.6 Å². The van der Waals surface area contributed by atoms with Gasteiger partial charge in [-0.1, -0.05) is 24.3 Å². The molecule has 2 aromatic heterocycles. The fraction of sp³-hybridized carbons (Fsp3) is 0.208. The van der Waals surface area contributed by atoms with Crippen LogP contribution in [0, 0.1) is 11.3 Å². The first-order valence-electron chi connectivity index (χ1n) is 10.8. The fourth-order valence-electron chi connectivity index (χ4n) is 4.51. The maximum atomic E-state index is 13.8. The van der Waals surface area contributed by atoms with Gasteiger partial charge in [0.25, 0.3) is 5.56 Å². The Balaban J connectivity index is 1.82. The number of nitrogen functional groups attached to an aromatic ring is 1.